The van der Waals surface area contributed by atoms with Gasteiger partial charge in [-0.1, -0.05) is 19.9 Å². The second kappa shape index (κ2) is 13.1. The molecule has 1 aromatic heterocycles. The monoisotopic (exact) mass is 500 g/mol. The molecule has 198 valence electrons. The number of hydrogen-bond acceptors (Lipinski definition) is 7. The number of nitrogens with one attached hydrogen (secondary N) is 2. The van der Waals surface area contributed by atoms with Gasteiger partial charge in [-0.15, -0.1) is 0 Å². The van der Waals surface area contributed by atoms with Gasteiger partial charge in [0, 0.05) is 18.3 Å². The second-order valence-electron chi connectivity index (χ2n) is 10.4. The topological polar surface area (TPSA) is 102 Å². The number of pyridine rings is 1. The van der Waals surface area contributed by atoms with Gasteiger partial charge >= 0.3 is 12.2 Å². The maximum absolute atomic E-state index is 12.4. The molecule has 2 N–H and O–H groups in total. The van der Waals surface area contributed by atoms with Crippen LogP contribution in [0, 0.1) is 5.92 Å². The van der Waals surface area contributed by atoms with E-state index in [-0.39, 0.29) is 6.04 Å². The summed E-state index contributed by atoms with van der Waals surface area (Å²) in [6.45, 7) is 10.7. The Balaban J connectivity index is 2.23. The fraction of sp³-hybridized carbons (Fsp3) is 0.519. The van der Waals surface area contributed by atoms with E-state index in [1.807, 2.05) is 53.1 Å². The lowest BCUT2D eigenvalue weighted by molar-refractivity contribution is 0.0480. The number of methoxy groups -OCH3 is 1. The van der Waals surface area contributed by atoms with Crippen molar-refractivity contribution in [3.63, 3.8) is 0 Å². The van der Waals surface area contributed by atoms with Gasteiger partial charge in [-0.05, 0) is 82.6 Å². The number of aromatic nitrogens is 1. The van der Waals surface area contributed by atoms with E-state index < -0.39 is 17.8 Å². The molecule has 0 fully saturated rings. The highest BCUT2D eigenvalue weighted by Gasteiger charge is 2.21. The maximum atomic E-state index is 12.4. The third kappa shape index (κ3) is 10.1. The predicted octanol–water partition coefficient (Wildman–Crippen LogP) is 5.31. The van der Waals surface area contributed by atoms with Gasteiger partial charge in [0.15, 0.2) is 0 Å². The van der Waals surface area contributed by atoms with Crippen LogP contribution in [0.15, 0.2) is 36.5 Å². The van der Waals surface area contributed by atoms with Crippen molar-refractivity contribution in [1.29, 1.82) is 0 Å². The Kier molecular flexibility index (Phi) is 10.5. The third-order valence-electron chi connectivity index (χ3n) is 4.97. The SMILES string of the molecule is COC(=O)Nc1cc(-c2ccc(OC[C@H](CC(C)C)NC(=O)OC(C)(C)C)c(CN(C)C)c2)ccn1. The zero-order chi connectivity index (χ0) is 26.9. The summed E-state index contributed by atoms with van der Waals surface area (Å²) < 4.78 is 16.3. The zero-order valence-electron chi connectivity index (χ0n) is 22.7. The Labute approximate surface area is 214 Å². The summed E-state index contributed by atoms with van der Waals surface area (Å²) in [6, 6.07) is 9.42. The third-order valence-corrected chi connectivity index (χ3v) is 4.97. The zero-order valence-corrected chi connectivity index (χ0v) is 22.7. The van der Waals surface area contributed by atoms with E-state index in [0.29, 0.717) is 24.9 Å². The van der Waals surface area contributed by atoms with Crippen molar-refractivity contribution < 1.29 is 23.8 Å². The smallest absolute Gasteiger partial charge is 0.412 e. The van der Waals surface area contributed by atoms with E-state index in [0.717, 1.165) is 28.9 Å². The number of rotatable bonds is 10. The quantitative estimate of drug-likeness (QED) is 0.456. The van der Waals surface area contributed by atoms with Crippen LogP contribution in [0.3, 0.4) is 0 Å². The Morgan fingerprint density at radius 3 is 2.36 bits per heavy atom. The molecule has 2 rings (SSSR count). The Morgan fingerprint density at radius 2 is 1.75 bits per heavy atom. The number of amides is 2. The summed E-state index contributed by atoms with van der Waals surface area (Å²) in [5.74, 6) is 1.52. The summed E-state index contributed by atoms with van der Waals surface area (Å²) >= 11 is 0. The van der Waals surface area contributed by atoms with Gasteiger partial charge in [0.1, 0.15) is 23.8 Å². The standard InChI is InChI=1S/C27H40N4O5/c1-18(2)13-22(29-26(33)36-27(3,4)5)17-35-23-10-9-19(14-21(23)16-31(6)7)20-11-12-28-24(15-20)30-25(32)34-8/h9-12,14-15,18,22H,13,16-17H2,1-8H3,(H,29,33)(H,28,30,32)/t22-/m0/s1. The number of carbonyl (C=O) groups excluding carboxylic acids is 2. The molecule has 9 heteroatoms. The molecular weight excluding hydrogens is 460 g/mol. The highest BCUT2D eigenvalue weighted by atomic mass is 16.6. The number of benzene rings is 1. The molecule has 1 atom stereocenters. The number of ether oxygens (including phenoxy) is 3. The summed E-state index contributed by atoms with van der Waals surface area (Å²) in [6.07, 6.45) is 1.37. The molecule has 0 radical (unpaired) electrons. The molecular formula is C27H40N4O5. The summed E-state index contributed by atoms with van der Waals surface area (Å²) in [5.41, 5.74) is 2.28. The molecule has 0 saturated heterocycles. The molecule has 2 amide bonds. The van der Waals surface area contributed by atoms with Crippen molar-refractivity contribution in [3.05, 3.63) is 42.1 Å². The largest absolute Gasteiger partial charge is 0.491 e. The first-order chi connectivity index (χ1) is 16.9. The van der Waals surface area contributed by atoms with E-state index in [2.05, 4.69) is 45.2 Å². The molecule has 9 nitrogen and oxygen atoms in total. The molecule has 0 aliphatic heterocycles. The van der Waals surface area contributed by atoms with E-state index in [9.17, 15) is 9.59 Å². The van der Waals surface area contributed by atoms with E-state index in [1.54, 1.807) is 12.3 Å². The van der Waals surface area contributed by atoms with Crippen molar-refractivity contribution in [3.8, 4) is 16.9 Å². The van der Waals surface area contributed by atoms with Crippen LogP contribution in [0.5, 0.6) is 5.75 Å². The van der Waals surface area contributed by atoms with Crippen LogP contribution >= 0.6 is 0 Å². The Morgan fingerprint density at radius 1 is 1.06 bits per heavy atom. The van der Waals surface area contributed by atoms with Crippen molar-refractivity contribution in [2.75, 3.05) is 33.1 Å². The first kappa shape index (κ1) is 28.9. The molecule has 1 aromatic carbocycles. The molecule has 0 bridgehead atoms. The van der Waals surface area contributed by atoms with Crippen molar-refractivity contribution in [1.82, 2.24) is 15.2 Å². The number of nitrogens with zero attached hydrogens (tertiary/aromatic N) is 2. The molecule has 0 saturated carbocycles. The van der Waals surface area contributed by atoms with E-state index >= 15 is 0 Å². The van der Waals surface area contributed by atoms with Gasteiger partial charge in [0.25, 0.3) is 0 Å². The minimum atomic E-state index is -0.576. The molecule has 0 spiro atoms. The van der Waals surface area contributed by atoms with Gasteiger partial charge in [-0.25, -0.2) is 14.6 Å². The first-order valence-corrected chi connectivity index (χ1v) is 12.1. The summed E-state index contributed by atoms with van der Waals surface area (Å²) in [7, 11) is 5.29. The average Bonchev–Trinajstić information content (AvgIpc) is 2.76. The average molecular weight is 501 g/mol. The van der Waals surface area contributed by atoms with Crippen molar-refractivity contribution >= 4 is 18.0 Å². The lowest BCUT2D eigenvalue weighted by atomic mass is 10.0. The van der Waals surface area contributed by atoms with Crippen LogP contribution in [0.1, 0.15) is 46.6 Å². The van der Waals surface area contributed by atoms with Gasteiger partial charge in [-0.2, -0.15) is 0 Å². The van der Waals surface area contributed by atoms with Crippen LogP contribution in [0.4, 0.5) is 15.4 Å². The minimum Gasteiger partial charge on any atom is -0.491 e. The highest BCUT2D eigenvalue weighted by molar-refractivity contribution is 5.84. The van der Waals surface area contributed by atoms with Gasteiger partial charge < -0.3 is 24.4 Å². The van der Waals surface area contributed by atoms with E-state index in [1.165, 1.54) is 7.11 Å². The Bertz CT molecular complexity index is 1020. The lowest BCUT2D eigenvalue weighted by Gasteiger charge is -2.25. The predicted molar refractivity (Wildman–Crippen MR) is 141 cm³/mol. The normalized spacial score (nSPS) is 12.3. The summed E-state index contributed by atoms with van der Waals surface area (Å²) in [4.78, 5) is 30.1. The number of hydrogen-bond donors (Lipinski definition) is 2. The number of anilines is 1. The van der Waals surface area contributed by atoms with Crippen molar-refractivity contribution in [2.24, 2.45) is 5.92 Å². The lowest BCUT2D eigenvalue weighted by Crippen LogP contribution is -2.42. The second-order valence-corrected chi connectivity index (χ2v) is 10.4. The molecule has 2 aromatic rings. The fourth-order valence-electron chi connectivity index (χ4n) is 3.60. The van der Waals surface area contributed by atoms with Crippen LogP contribution < -0.4 is 15.4 Å². The van der Waals surface area contributed by atoms with Gasteiger partial charge in [-0.3, -0.25) is 5.32 Å². The molecule has 0 aliphatic carbocycles. The maximum Gasteiger partial charge on any atom is 0.412 e. The molecule has 0 aliphatic rings. The van der Waals surface area contributed by atoms with Gasteiger partial charge in [0.05, 0.1) is 13.2 Å². The van der Waals surface area contributed by atoms with Crippen LogP contribution in [0.2, 0.25) is 0 Å². The van der Waals surface area contributed by atoms with Crippen LogP contribution in [-0.2, 0) is 16.0 Å². The van der Waals surface area contributed by atoms with Crippen LogP contribution in [0.25, 0.3) is 11.1 Å². The Hall–Kier alpha value is -3.33. The van der Waals surface area contributed by atoms with Crippen LogP contribution in [-0.4, -0.2) is 61.5 Å². The summed E-state index contributed by atoms with van der Waals surface area (Å²) in [5, 5.41) is 5.54. The molecule has 0 unspecified atom stereocenters. The molecule has 36 heavy (non-hydrogen) atoms. The fourth-order valence-corrected chi connectivity index (χ4v) is 3.60. The first-order valence-electron chi connectivity index (χ1n) is 12.1. The number of carbonyl (C=O) groups is 2. The minimum absolute atomic E-state index is 0.195. The van der Waals surface area contributed by atoms with Gasteiger partial charge in [0.2, 0.25) is 0 Å². The number of alkyl carbamates (subject to hydrolysis) is 1. The molecule has 1 heterocycles. The van der Waals surface area contributed by atoms with Crippen molar-refractivity contribution in [2.45, 2.75) is 59.2 Å². The van der Waals surface area contributed by atoms with E-state index in [4.69, 9.17) is 9.47 Å². The highest BCUT2D eigenvalue weighted by Crippen LogP contribution is 2.29.